The number of aromatic nitrogens is 1. The lowest BCUT2D eigenvalue weighted by Gasteiger charge is -2.19. The van der Waals surface area contributed by atoms with Crippen LogP contribution in [0.5, 0.6) is 0 Å². The number of nitrogens with one attached hydrogen (secondary N) is 2. The zero-order chi connectivity index (χ0) is 15.9. The first-order chi connectivity index (χ1) is 9.88. The summed E-state index contributed by atoms with van der Waals surface area (Å²) in [6, 6.07) is 3.69. The highest BCUT2D eigenvalue weighted by atomic mass is 32.2. The molecule has 0 aromatic carbocycles. The van der Waals surface area contributed by atoms with Gasteiger partial charge >= 0.3 is 0 Å². The molecule has 0 unspecified atom stereocenters. The Labute approximate surface area is 132 Å². The molecular weight excluding hydrogens is 282 g/mol. The van der Waals surface area contributed by atoms with Crippen LogP contribution in [-0.4, -0.2) is 36.5 Å². The maximum Gasteiger partial charge on any atom is 0.251 e. The van der Waals surface area contributed by atoms with Crippen LogP contribution < -0.4 is 10.6 Å². The molecule has 0 aliphatic heterocycles. The van der Waals surface area contributed by atoms with Gasteiger partial charge in [0.2, 0.25) is 0 Å². The Kier molecular flexibility index (Phi) is 7.02. The van der Waals surface area contributed by atoms with Crippen molar-refractivity contribution in [2.24, 2.45) is 0 Å². The highest BCUT2D eigenvalue weighted by Crippen LogP contribution is 2.23. The number of anilines is 1. The number of amides is 1. The second-order valence-electron chi connectivity index (χ2n) is 6.08. The van der Waals surface area contributed by atoms with Gasteiger partial charge in [-0.25, -0.2) is 4.98 Å². The molecule has 0 saturated carbocycles. The van der Waals surface area contributed by atoms with Crippen molar-refractivity contribution in [1.82, 2.24) is 10.3 Å². The Balaban J connectivity index is 2.74. The topological polar surface area (TPSA) is 54.0 Å². The summed E-state index contributed by atoms with van der Waals surface area (Å²) in [6.07, 6.45) is 4.25. The summed E-state index contributed by atoms with van der Waals surface area (Å²) >= 11 is 1.84. The van der Waals surface area contributed by atoms with Gasteiger partial charge in [-0.15, -0.1) is 0 Å². The minimum absolute atomic E-state index is 0.0245. The van der Waals surface area contributed by atoms with Crippen molar-refractivity contribution in [3.8, 4) is 0 Å². The van der Waals surface area contributed by atoms with E-state index in [0.29, 0.717) is 5.56 Å². The van der Waals surface area contributed by atoms with Crippen molar-refractivity contribution in [3.63, 3.8) is 0 Å². The fourth-order valence-electron chi connectivity index (χ4n) is 1.85. The number of hydrogen-bond acceptors (Lipinski definition) is 4. The first kappa shape index (κ1) is 17.8. The van der Waals surface area contributed by atoms with E-state index >= 15 is 0 Å². The van der Waals surface area contributed by atoms with Crippen LogP contribution in [0.1, 0.15) is 49.7 Å². The van der Waals surface area contributed by atoms with Crippen LogP contribution in [0.15, 0.2) is 12.1 Å². The largest absolute Gasteiger partial charge is 0.373 e. The van der Waals surface area contributed by atoms with Crippen LogP contribution in [-0.2, 0) is 5.41 Å². The van der Waals surface area contributed by atoms with Gasteiger partial charge in [0.15, 0.2) is 0 Å². The number of thioether (sulfide) groups is 1. The van der Waals surface area contributed by atoms with Gasteiger partial charge in [-0.1, -0.05) is 20.8 Å². The lowest BCUT2D eigenvalue weighted by molar-refractivity contribution is 0.0953. The number of rotatable bonds is 7. The van der Waals surface area contributed by atoms with Crippen LogP contribution in [0.4, 0.5) is 5.82 Å². The van der Waals surface area contributed by atoms with E-state index in [1.165, 1.54) is 0 Å². The molecule has 0 aliphatic rings. The number of nitrogens with zero attached hydrogens (tertiary/aromatic N) is 1. The molecule has 1 aromatic heterocycles. The quantitative estimate of drug-likeness (QED) is 0.759. The van der Waals surface area contributed by atoms with E-state index in [1.807, 2.05) is 24.9 Å². The third kappa shape index (κ3) is 5.96. The zero-order valence-electron chi connectivity index (χ0n) is 13.7. The average Bonchev–Trinajstić information content (AvgIpc) is 2.45. The van der Waals surface area contributed by atoms with Crippen LogP contribution in [0.25, 0.3) is 0 Å². The van der Waals surface area contributed by atoms with Crippen molar-refractivity contribution in [2.45, 2.75) is 39.0 Å². The molecule has 0 atom stereocenters. The smallest absolute Gasteiger partial charge is 0.251 e. The molecule has 4 nitrogen and oxygen atoms in total. The van der Waals surface area contributed by atoms with Gasteiger partial charge in [0.05, 0.1) is 0 Å². The van der Waals surface area contributed by atoms with Crippen molar-refractivity contribution in [3.05, 3.63) is 23.4 Å². The Morgan fingerprint density at radius 1 is 1.29 bits per heavy atom. The third-order valence-electron chi connectivity index (χ3n) is 3.17. The molecule has 0 spiro atoms. The molecule has 0 aliphatic carbocycles. The molecule has 0 radical (unpaired) electrons. The SMILES string of the molecule is CNc1cc(C(=O)NCCCCSC)cc(C(C)(C)C)n1. The Bertz CT molecular complexity index is 469. The summed E-state index contributed by atoms with van der Waals surface area (Å²) in [7, 11) is 1.82. The molecule has 118 valence electrons. The van der Waals surface area contributed by atoms with Crippen molar-refractivity contribution in [2.75, 3.05) is 30.9 Å². The number of carbonyl (C=O) groups is 1. The van der Waals surface area contributed by atoms with E-state index in [-0.39, 0.29) is 11.3 Å². The Hall–Kier alpha value is -1.23. The summed E-state index contributed by atoms with van der Waals surface area (Å²) < 4.78 is 0. The third-order valence-corrected chi connectivity index (χ3v) is 3.87. The molecule has 0 bridgehead atoms. The van der Waals surface area contributed by atoms with Crippen LogP contribution >= 0.6 is 11.8 Å². The second-order valence-corrected chi connectivity index (χ2v) is 7.07. The predicted octanol–water partition coefficient (Wildman–Crippen LogP) is 3.29. The van der Waals surface area contributed by atoms with Crippen LogP contribution in [0, 0.1) is 0 Å². The van der Waals surface area contributed by atoms with Gasteiger partial charge in [0.25, 0.3) is 5.91 Å². The minimum atomic E-state index is -0.0831. The van der Waals surface area contributed by atoms with E-state index in [1.54, 1.807) is 6.07 Å². The van der Waals surface area contributed by atoms with Gasteiger partial charge in [-0.05, 0) is 37.0 Å². The molecule has 1 aromatic rings. The fraction of sp³-hybridized carbons (Fsp3) is 0.625. The van der Waals surface area contributed by atoms with Crippen molar-refractivity contribution < 1.29 is 4.79 Å². The molecule has 1 amide bonds. The highest BCUT2D eigenvalue weighted by Gasteiger charge is 2.19. The number of unbranched alkanes of at least 4 members (excludes halogenated alkanes) is 1. The lowest BCUT2D eigenvalue weighted by atomic mass is 9.90. The normalized spacial score (nSPS) is 11.3. The van der Waals surface area contributed by atoms with E-state index in [0.717, 1.165) is 36.7 Å². The van der Waals surface area contributed by atoms with Gasteiger partial charge in [-0.2, -0.15) is 11.8 Å². The summed E-state index contributed by atoms with van der Waals surface area (Å²) in [5.74, 6) is 1.85. The van der Waals surface area contributed by atoms with E-state index in [2.05, 4.69) is 42.6 Å². The van der Waals surface area contributed by atoms with E-state index < -0.39 is 0 Å². The molecule has 1 rings (SSSR count). The first-order valence-corrected chi connectivity index (χ1v) is 8.75. The summed E-state index contributed by atoms with van der Waals surface area (Å²) in [6.45, 7) is 7.01. The number of hydrogen-bond donors (Lipinski definition) is 2. The molecule has 0 fully saturated rings. The zero-order valence-corrected chi connectivity index (χ0v) is 14.6. The number of pyridine rings is 1. The summed E-state index contributed by atoms with van der Waals surface area (Å²) in [4.78, 5) is 16.8. The minimum Gasteiger partial charge on any atom is -0.373 e. The molecule has 2 N–H and O–H groups in total. The molecule has 21 heavy (non-hydrogen) atoms. The summed E-state index contributed by atoms with van der Waals surface area (Å²) in [5, 5.41) is 6.01. The van der Waals surface area contributed by atoms with Gasteiger partial charge < -0.3 is 10.6 Å². The maximum absolute atomic E-state index is 12.3. The Morgan fingerprint density at radius 2 is 2.00 bits per heavy atom. The van der Waals surface area contributed by atoms with Crippen molar-refractivity contribution in [1.29, 1.82) is 0 Å². The van der Waals surface area contributed by atoms with Gasteiger partial charge in [-0.3, -0.25) is 4.79 Å². The lowest BCUT2D eigenvalue weighted by Crippen LogP contribution is -2.26. The predicted molar refractivity (Wildman–Crippen MR) is 92.4 cm³/mol. The standard InChI is InChI=1S/C16H27N3OS/c1-16(2,3)13-10-12(11-14(17-4)19-13)15(20)18-8-6-7-9-21-5/h10-11H,6-9H2,1-5H3,(H,17,19)(H,18,20). The molecule has 0 saturated heterocycles. The monoisotopic (exact) mass is 309 g/mol. The van der Waals surface area contributed by atoms with Gasteiger partial charge in [0, 0.05) is 30.3 Å². The average molecular weight is 309 g/mol. The van der Waals surface area contributed by atoms with Crippen LogP contribution in [0.2, 0.25) is 0 Å². The molecule has 5 heteroatoms. The fourth-order valence-corrected chi connectivity index (χ4v) is 2.34. The maximum atomic E-state index is 12.3. The summed E-state index contributed by atoms with van der Waals surface area (Å²) in [5.41, 5.74) is 1.51. The number of carbonyl (C=O) groups excluding carboxylic acids is 1. The molecular formula is C16H27N3OS. The van der Waals surface area contributed by atoms with Crippen molar-refractivity contribution >= 4 is 23.5 Å². The highest BCUT2D eigenvalue weighted by molar-refractivity contribution is 7.98. The van der Waals surface area contributed by atoms with E-state index in [4.69, 9.17) is 0 Å². The Morgan fingerprint density at radius 3 is 2.57 bits per heavy atom. The second kappa shape index (κ2) is 8.27. The van der Waals surface area contributed by atoms with E-state index in [9.17, 15) is 4.79 Å². The van der Waals surface area contributed by atoms with Crippen LogP contribution in [0.3, 0.4) is 0 Å². The van der Waals surface area contributed by atoms with Gasteiger partial charge in [0.1, 0.15) is 5.82 Å². The first-order valence-electron chi connectivity index (χ1n) is 7.36. The molecule has 1 heterocycles.